The van der Waals surface area contributed by atoms with E-state index in [-0.39, 0.29) is 17.7 Å². The monoisotopic (exact) mass is 364 g/mol. The molecule has 1 aromatic rings. The van der Waals surface area contributed by atoms with Crippen LogP contribution in [0.1, 0.15) is 44.0 Å². The SMILES string of the molecule is CCOc1ccc(C(=O)NC(CC(C)C)C(=O)N[C@H]2CCOC2O)cc1. The maximum atomic E-state index is 12.6. The van der Waals surface area contributed by atoms with Crippen molar-refractivity contribution in [2.45, 2.75) is 52.0 Å². The molecule has 2 amide bonds. The first-order valence-electron chi connectivity index (χ1n) is 9.04. The van der Waals surface area contributed by atoms with E-state index in [4.69, 9.17) is 9.47 Å². The molecule has 1 saturated heterocycles. The van der Waals surface area contributed by atoms with Crippen molar-refractivity contribution in [2.24, 2.45) is 5.92 Å². The molecule has 1 aliphatic rings. The van der Waals surface area contributed by atoms with Crippen molar-refractivity contribution in [3.8, 4) is 5.75 Å². The van der Waals surface area contributed by atoms with E-state index in [1.165, 1.54) is 0 Å². The smallest absolute Gasteiger partial charge is 0.251 e. The quantitative estimate of drug-likeness (QED) is 0.649. The highest BCUT2D eigenvalue weighted by Crippen LogP contribution is 2.14. The molecular formula is C19H28N2O5. The third kappa shape index (κ3) is 5.71. The zero-order valence-corrected chi connectivity index (χ0v) is 15.5. The molecule has 0 bridgehead atoms. The molecule has 0 saturated carbocycles. The predicted octanol–water partition coefficient (Wildman–Crippen LogP) is 1.45. The van der Waals surface area contributed by atoms with Crippen molar-refractivity contribution in [2.75, 3.05) is 13.2 Å². The lowest BCUT2D eigenvalue weighted by atomic mass is 10.0. The van der Waals surface area contributed by atoms with Gasteiger partial charge in [0.1, 0.15) is 11.8 Å². The lowest BCUT2D eigenvalue weighted by Gasteiger charge is -2.23. The van der Waals surface area contributed by atoms with Crippen LogP contribution in [0.15, 0.2) is 24.3 Å². The summed E-state index contributed by atoms with van der Waals surface area (Å²) in [5, 5.41) is 15.3. The number of hydrogen-bond acceptors (Lipinski definition) is 5. The molecule has 1 heterocycles. The lowest BCUT2D eigenvalue weighted by molar-refractivity contribution is -0.127. The highest BCUT2D eigenvalue weighted by molar-refractivity contribution is 5.97. The Morgan fingerprint density at radius 1 is 1.31 bits per heavy atom. The second-order valence-corrected chi connectivity index (χ2v) is 6.78. The van der Waals surface area contributed by atoms with Crippen molar-refractivity contribution in [1.82, 2.24) is 10.6 Å². The van der Waals surface area contributed by atoms with Gasteiger partial charge in [0.25, 0.3) is 5.91 Å². The van der Waals surface area contributed by atoms with Crippen molar-refractivity contribution in [1.29, 1.82) is 0 Å². The van der Waals surface area contributed by atoms with Gasteiger partial charge in [0, 0.05) is 5.56 Å². The van der Waals surface area contributed by atoms with Crippen LogP contribution in [-0.4, -0.2) is 48.5 Å². The highest BCUT2D eigenvalue weighted by Gasteiger charge is 2.31. The Hall–Kier alpha value is -2.12. The second kappa shape index (κ2) is 9.54. The number of carbonyl (C=O) groups is 2. The van der Waals surface area contributed by atoms with E-state index in [1.807, 2.05) is 20.8 Å². The molecule has 26 heavy (non-hydrogen) atoms. The Morgan fingerprint density at radius 3 is 2.54 bits per heavy atom. The Bertz CT molecular complexity index is 602. The van der Waals surface area contributed by atoms with Crippen LogP contribution in [-0.2, 0) is 9.53 Å². The van der Waals surface area contributed by atoms with Crippen LogP contribution in [0, 0.1) is 5.92 Å². The molecule has 144 valence electrons. The van der Waals surface area contributed by atoms with E-state index in [0.29, 0.717) is 37.4 Å². The molecule has 2 rings (SSSR count). The first kappa shape index (κ1) is 20.2. The van der Waals surface area contributed by atoms with Gasteiger partial charge in [-0.3, -0.25) is 9.59 Å². The van der Waals surface area contributed by atoms with E-state index in [1.54, 1.807) is 24.3 Å². The van der Waals surface area contributed by atoms with Gasteiger partial charge in [-0.25, -0.2) is 0 Å². The summed E-state index contributed by atoms with van der Waals surface area (Å²) in [6.45, 7) is 6.81. The molecule has 1 aromatic carbocycles. The summed E-state index contributed by atoms with van der Waals surface area (Å²) < 4.78 is 10.4. The number of hydrogen-bond donors (Lipinski definition) is 3. The van der Waals surface area contributed by atoms with Crippen molar-refractivity contribution in [3.05, 3.63) is 29.8 Å². The fourth-order valence-electron chi connectivity index (χ4n) is 2.81. The molecule has 1 aliphatic heterocycles. The minimum atomic E-state index is -1.000. The zero-order chi connectivity index (χ0) is 19.1. The molecule has 0 spiro atoms. The van der Waals surface area contributed by atoms with Crippen LogP contribution in [0.5, 0.6) is 5.75 Å². The first-order chi connectivity index (χ1) is 12.4. The number of aliphatic hydroxyl groups is 1. The van der Waals surface area contributed by atoms with Gasteiger partial charge in [0.05, 0.1) is 19.3 Å². The molecular weight excluding hydrogens is 336 g/mol. The van der Waals surface area contributed by atoms with Crippen LogP contribution >= 0.6 is 0 Å². The number of rotatable bonds is 8. The summed E-state index contributed by atoms with van der Waals surface area (Å²) in [5.74, 6) is 0.275. The van der Waals surface area contributed by atoms with Crippen LogP contribution < -0.4 is 15.4 Å². The summed E-state index contributed by atoms with van der Waals surface area (Å²) in [6.07, 6.45) is 0.0485. The maximum Gasteiger partial charge on any atom is 0.251 e. The molecule has 3 N–H and O–H groups in total. The largest absolute Gasteiger partial charge is 0.494 e. The van der Waals surface area contributed by atoms with E-state index >= 15 is 0 Å². The molecule has 7 heteroatoms. The van der Waals surface area contributed by atoms with Gasteiger partial charge in [0.2, 0.25) is 5.91 Å². The number of carbonyl (C=O) groups excluding carboxylic acids is 2. The number of nitrogens with one attached hydrogen (secondary N) is 2. The van der Waals surface area contributed by atoms with Crippen molar-refractivity contribution >= 4 is 11.8 Å². The van der Waals surface area contributed by atoms with Gasteiger partial charge in [-0.2, -0.15) is 0 Å². The molecule has 3 atom stereocenters. The first-order valence-corrected chi connectivity index (χ1v) is 9.04. The zero-order valence-electron chi connectivity index (χ0n) is 15.5. The topological polar surface area (TPSA) is 96.9 Å². The summed E-state index contributed by atoms with van der Waals surface area (Å²) in [7, 11) is 0. The van der Waals surface area contributed by atoms with Crippen LogP contribution in [0.2, 0.25) is 0 Å². The van der Waals surface area contributed by atoms with E-state index in [0.717, 1.165) is 0 Å². The fraction of sp³-hybridized carbons (Fsp3) is 0.579. The Labute approximate surface area is 154 Å². The van der Waals surface area contributed by atoms with Crippen LogP contribution in [0.25, 0.3) is 0 Å². The van der Waals surface area contributed by atoms with Gasteiger partial charge in [-0.05, 0) is 49.9 Å². The third-order valence-corrected chi connectivity index (χ3v) is 4.15. The van der Waals surface area contributed by atoms with Gasteiger partial charge in [-0.1, -0.05) is 13.8 Å². The average molecular weight is 364 g/mol. The lowest BCUT2D eigenvalue weighted by Crippen LogP contribution is -2.51. The summed E-state index contributed by atoms with van der Waals surface area (Å²) >= 11 is 0. The second-order valence-electron chi connectivity index (χ2n) is 6.78. The van der Waals surface area contributed by atoms with Gasteiger partial charge < -0.3 is 25.2 Å². The summed E-state index contributed by atoms with van der Waals surface area (Å²) in [6, 6.07) is 5.66. The third-order valence-electron chi connectivity index (χ3n) is 4.15. The van der Waals surface area contributed by atoms with Gasteiger partial charge in [-0.15, -0.1) is 0 Å². The van der Waals surface area contributed by atoms with Gasteiger partial charge in [0.15, 0.2) is 6.29 Å². The number of amides is 2. The Kier molecular flexibility index (Phi) is 7.41. The number of benzene rings is 1. The minimum absolute atomic E-state index is 0.219. The van der Waals surface area contributed by atoms with E-state index in [2.05, 4.69) is 10.6 Å². The Morgan fingerprint density at radius 2 is 2.00 bits per heavy atom. The van der Waals surface area contributed by atoms with Crippen molar-refractivity contribution in [3.63, 3.8) is 0 Å². The highest BCUT2D eigenvalue weighted by atomic mass is 16.6. The normalized spacial score (nSPS) is 20.7. The van der Waals surface area contributed by atoms with Crippen LogP contribution in [0.3, 0.4) is 0 Å². The standard InChI is InChI=1S/C19H28N2O5/c1-4-25-14-7-5-13(6-8-14)17(22)21-16(11-12(2)3)18(23)20-15-9-10-26-19(15)24/h5-8,12,15-16,19,24H,4,9-11H2,1-3H3,(H,20,23)(H,21,22)/t15-,16?,19?/m0/s1. The van der Waals surface area contributed by atoms with Gasteiger partial charge >= 0.3 is 0 Å². The summed E-state index contributed by atoms with van der Waals surface area (Å²) in [5.41, 5.74) is 0.458. The fourth-order valence-corrected chi connectivity index (χ4v) is 2.81. The molecule has 0 aromatic heterocycles. The summed E-state index contributed by atoms with van der Waals surface area (Å²) in [4.78, 5) is 25.1. The number of ether oxygens (including phenoxy) is 2. The molecule has 2 unspecified atom stereocenters. The maximum absolute atomic E-state index is 12.6. The molecule has 1 fully saturated rings. The molecule has 0 aliphatic carbocycles. The molecule has 0 radical (unpaired) electrons. The molecule has 7 nitrogen and oxygen atoms in total. The van der Waals surface area contributed by atoms with E-state index in [9.17, 15) is 14.7 Å². The minimum Gasteiger partial charge on any atom is -0.494 e. The average Bonchev–Trinajstić information content (AvgIpc) is 2.99. The Balaban J connectivity index is 2.01. The predicted molar refractivity (Wildman–Crippen MR) is 96.8 cm³/mol. The van der Waals surface area contributed by atoms with E-state index < -0.39 is 18.4 Å². The van der Waals surface area contributed by atoms with Crippen LogP contribution in [0.4, 0.5) is 0 Å². The van der Waals surface area contributed by atoms with Crippen molar-refractivity contribution < 1.29 is 24.2 Å². The number of aliphatic hydroxyl groups excluding tert-OH is 1.